The summed E-state index contributed by atoms with van der Waals surface area (Å²) in [5, 5.41) is 18.4. The largest absolute Gasteiger partial charge is 0.396 e. The van der Waals surface area contributed by atoms with Crippen LogP contribution >= 0.6 is 11.6 Å². The molecule has 148 valence electrons. The van der Waals surface area contributed by atoms with Crippen LogP contribution in [0.3, 0.4) is 0 Å². The van der Waals surface area contributed by atoms with E-state index in [-0.39, 0.29) is 6.10 Å². The number of aryl methyl sites for hydroxylation is 2. The Kier molecular flexibility index (Phi) is 7.62. The van der Waals surface area contributed by atoms with Crippen LogP contribution in [-0.4, -0.2) is 16.2 Å². The van der Waals surface area contributed by atoms with Crippen LogP contribution in [0.5, 0.6) is 0 Å². The van der Waals surface area contributed by atoms with Gasteiger partial charge in [-0.15, -0.1) is 0 Å². The molecule has 2 aromatic rings. The Labute approximate surface area is 172 Å². The van der Waals surface area contributed by atoms with Crippen LogP contribution in [-0.2, 0) is 0 Å². The quantitative estimate of drug-likeness (QED) is 0.723. The Bertz CT molecular complexity index is 903. The molecule has 0 amide bonds. The number of benzene rings is 1. The Balaban J connectivity index is 0.000000397. The van der Waals surface area contributed by atoms with Crippen LogP contribution in [0, 0.1) is 31.1 Å². The van der Waals surface area contributed by atoms with Gasteiger partial charge in [-0.3, -0.25) is 4.98 Å². The number of aromatic nitrogens is 1. The molecule has 3 N–H and O–H groups in total. The highest BCUT2D eigenvalue weighted by molar-refractivity contribution is 6.35. The average Bonchev–Trinajstić information content (AvgIpc) is 2.63. The molecule has 1 aromatic heterocycles. The van der Waals surface area contributed by atoms with Gasteiger partial charge < -0.3 is 10.8 Å². The number of hydrogen-bond acceptors (Lipinski definition) is 4. The maximum Gasteiger partial charge on any atom is 0.0994 e. The third-order valence-corrected chi connectivity index (χ3v) is 5.36. The van der Waals surface area contributed by atoms with Crippen molar-refractivity contribution in [1.82, 2.24) is 4.98 Å². The second-order valence-corrected chi connectivity index (χ2v) is 7.82. The van der Waals surface area contributed by atoms with Crippen molar-refractivity contribution >= 4 is 22.9 Å². The monoisotopic (exact) mass is 397 g/mol. The predicted molar refractivity (Wildman–Crippen MR) is 116 cm³/mol. The van der Waals surface area contributed by atoms with Gasteiger partial charge >= 0.3 is 0 Å². The lowest BCUT2D eigenvalue weighted by Gasteiger charge is -2.27. The Morgan fingerprint density at radius 1 is 1.29 bits per heavy atom. The van der Waals surface area contributed by atoms with Gasteiger partial charge in [-0.2, -0.15) is 5.26 Å². The highest BCUT2D eigenvalue weighted by Gasteiger charge is 2.21. The number of rotatable bonds is 3. The average molecular weight is 398 g/mol. The molecule has 0 spiro atoms. The summed E-state index contributed by atoms with van der Waals surface area (Å²) in [5.41, 5.74) is 11.8. The van der Waals surface area contributed by atoms with Crippen molar-refractivity contribution in [1.29, 1.82) is 5.26 Å². The number of nitrogens with zero attached hydrogens (tertiary/aromatic N) is 2. The van der Waals surface area contributed by atoms with Crippen molar-refractivity contribution in [3.8, 4) is 6.07 Å². The Hall–Kier alpha value is -2.35. The molecular weight excluding hydrogens is 370 g/mol. The zero-order valence-electron chi connectivity index (χ0n) is 17.0. The predicted octanol–water partition coefficient (Wildman–Crippen LogP) is 5.42. The molecule has 1 aliphatic rings. The molecular formula is C23H28ClN3O. The lowest BCUT2D eigenvalue weighted by Crippen LogP contribution is -2.25. The van der Waals surface area contributed by atoms with E-state index in [9.17, 15) is 5.26 Å². The van der Waals surface area contributed by atoms with Gasteiger partial charge in [-0.25, -0.2) is 0 Å². The number of halogens is 1. The number of aliphatic hydroxyl groups is 1. The van der Waals surface area contributed by atoms with Gasteiger partial charge in [0.15, 0.2) is 0 Å². The molecule has 0 aliphatic heterocycles. The minimum absolute atomic E-state index is 0.0417. The second kappa shape index (κ2) is 9.73. The molecule has 1 fully saturated rings. The summed E-state index contributed by atoms with van der Waals surface area (Å²) in [6, 6.07) is 6.16. The number of anilines is 1. The van der Waals surface area contributed by atoms with Crippen LogP contribution in [0.25, 0.3) is 5.57 Å². The van der Waals surface area contributed by atoms with Gasteiger partial charge in [0, 0.05) is 11.8 Å². The third-order valence-electron chi connectivity index (χ3n) is 4.94. The van der Waals surface area contributed by atoms with Gasteiger partial charge in [-0.05, 0) is 67.4 Å². The molecule has 1 heterocycles. The van der Waals surface area contributed by atoms with Crippen molar-refractivity contribution in [2.24, 2.45) is 5.92 Å². The van der Waals surface area contributed by atoms with Crippen molar-refractivity contribution in [2.45, 2.75) is 53.1 Å². The van der Waals surface area contributed by atoms with Gasteiger partial charge in [0.2, 0.25) is 0 Å². The van der Waals surface area contributed by atoms with Crippen LogP contribution in [0.4, 0.5) is 5.69 Å². The molecule has 4 nitrogen and oxygen atoms in total. The first-order chi connectivity index (χ1) is 13.3. The summed E-state index contributed by atoms with van der Waals surface area (Å²) >= 11 is 6.36. The molecule has 1 saturated carbocycles. The number of hydrogen-bond donors (Lipinski definition) is 2. The highest BCUT2D eigenvalue weighted by atomic mass is 35.5. The molecule has 0 bridgehead atoms. The van der Waals surface area contributed by atoms with E-state index in [0.717, 1.165) is 53.0 Å². The fourth-order valence-corrected chi connectivity index (χ4v) is 3.54. The first-order valence-electron chi connectivity index (χ1n) is 9.57. The maximum absolute atomic E-state index is 9.29. The Morgan fingerprint density at radius 3 is 2.46 bits per heavy atom. The SMILES string of the molecule is CC/C=C(\c1cc(C#N)c(C)cc1C)c1cncc(N)c1Cl.CC1CC(O)C1. The molecule has 3 rings (SSSR count). The van der Waals surface area contributed by atoms with Crippen LogP contribution < -0.4 is 5.73 Å². The van der Waals surface area contributed by atoms with Crippen molar-refractivity contribution in [3.63, 3.8) is 0 Å². The maximum atomic E-state index is 9.29. The van der Waals surface area contributed by atoms with E-state index in [1.54, 1.807) is 6.20 Å². The minimum Gasteiger partial charge on any atom is -0.396 e. The molecule has 0 unspecified atom stereocenters. The summed E-state index contributed by atoms with van der Waals surface area (Å²) in [6.07, 6.45) is 8.28. The summed E-state index contributed by atoms with van der Waals surface area (Å²) < 4.78 is 0. The number of nitrogens with two attached hydrogens (primary N) is 1. The number of pyridine rings is 1. The van der Waals surface area contributed by atoms with E-state index in [0.29, 0.717) is 16.3 Å². The highest BCUT2D eigenvalue weighted by Crippen LogP contribution is 2.34. The van der Waals surface area contributed by atoms with E-state index in [1.807, 2.05) is 26.0 Å². The topological polar surface area (TPSA) is 82.9 Å². The zero-order valence-corrected chi connectivity index (χ0v) is 17.7. The number of allylic oxidation sites excluding steroid dienone is 1. The van der Waals surface area contributed by atoms with E-state index < -0.39 is 0 Å². The Morgan fingerprint density at radius 2 is 1.96 bits per heavy atom. The molecule has 1 aliphatic carbocycles. The van der Waals surface area contributed by atoms with Crippen molar-refractivity contribution < 1.29 is 5.11 Å². The second-order valence-electron chi connectivity index (χ2n) is 7.44. The van der Waals surface area contributed by atoms with E-state index >= 15 is 0 Å². The molecule has 0 saturated heterocycles. The third kappa shape index (κ3) is 5.13. The molecule has 0 radical (unpaired) electrons. The number of aliphatic hydroxyl groups excluding tert-OH is 1. The van der Waals surface area contributed by atoms with Crippen LogP contribution in [0.15, 0.2) is 30.6 Å². The molecule has 1 aromatic carbocycles. The first-order valence-corrected chi connectivity index (χ1v) is 9.95. The zero-order chi connectivity index (χ0) is 20.8. The van der Waals surface area contributed by atoms with E-state index in [2.05, 4.69) is 31.0 Å². The van der Waals surface area contributed by atoms with E-state index in [4.69, 9.17) is 22.4 Å². The van der Waals surface area contributed by atoms with E-state index in [1.165, 1.54) is 6.20 Å². The van der Waals surface area contributed by atoms with Crippen molar-refractivity contribution in [3.05, 3.63) is 63.4 Å². The normalized spacial score (nSPS) is 18.5. The number of nitriles is 1. The van der Waals surface area contributed by atoms with Crippen LogP contribution in [0.1, 0.15) is 60.9 Å². The fraction of sp³-hybridized carbons (Fsp3) is 0.391. The summed E-state index contributed by atoms with van der Waals surface area (Å²) in [6.45, 7) is 8.18. The van der Waals surface area contributed by atoms with Gasteiger partial charge in [-0.1, -0.05) is 37.6 Å². The smallest absolute Gasteiger partial charge is 0.0994 e. The summed E-state index contributed by atoms with van der Waals surface area (Å²) in [5.74, 6) is 0.792. The standard InChI is InChI=1S/C18H18ClN3.C5H10O/c1-4-5-14(16-9-22-10-17(21)18(16)19)15-7-13(8-20)11(2)6-12(15)3;1-4-2-5(6)3-4/h5-7,9-10H,4,21H2,1-3H3;4-6H,2-3H2,1H3/b14-5+;. The fourth-order valence-electron chi connectivity index (χ4n) is 3.34. The van der Waals surface area contributed by atoms with Gasteiger partial charge in [0.25, 0.3) is 0 Å². The summed E-state index contributed by atoms with van der Waals surface area (Å²) in [4.78, 5) is 4.15. The molecule has 28 heavy (non-hydrogen) atoms. The molecule has 5 heteroatoms. The number of nitrogen functional groups attached to an aromatic ring is 1. The lowest BCUT2D eigenvalue weighted by atomic mass is 9.84. The minimum atomic E-state index is 0.0417. The summed E-state index contributed by atoms with van der Waals surface area (Å²) in [7, 11) is 0. The van der Waals surface area contributed by atoms with Crippen LogP contribution in [0.2, 0.25) is 5.02 Å². The van der Waals surface area contributed by atoms with Crippen molar-refractivity contribution in [2.75, 3.05) is 5.73 Å². The first kappa shape index (κ1) is 21.9. The van der Waals surface area contributed by atoms with Gasteiger partial charge in [0.1, 0.15) is 0 Å². The lowest BCUT2D eigenvalue weighted by molar-refractivity contribution is 0.0513. The van der Waals surface area contributed by atoms with Gasteiger partial charge in [0.05, 0.1) is 34.6 Å². The molecule has 0 atom stereocenters.